The normalized spacial score (nSPS) is 14.3. The molecular formula is C20H21Cl2FN2O3. The zero-order valence-electron chi connectivity index (χ0n) is 15.8. The first kappa shape index (κ1) is 20.6. The van der Waals surface area contributed by atoms with Gasteiger partial charge >= 0.3 is 6.03 Å². The Kier molecular flexibility index (Phi) is 6.20. The van der Waals surface area contributed by atoms with Gasteiger partial charge in [0.05, 0.1) is 25.3 Å². The minimum absolute atomic E-state index is 0.0516. The highest BCUT2D eigenvalue weighted by Crippen LogP contribution is 2.33. The van der Waals surface area contributed by atoms with Gasteiger partial charge in [-0.15, -0.1) is 0 Å². The number of halogens is 3. The van der Waals surface area contributed by atoms with Crippen molar-refractivity contribution < 1.29 is 18.7 Å². The first-order valence-corrected chi connectivity index (χ1v) is 9.53. The van der Waals surface area contributed by atoms with Crippen molar-refractivity contribution in [2.75, 3.05) is 20.8 Å². The highest BCUT2D eigenvalue weighted by molar-refractivity contribution is 6.35. The Morgan fingerprint density at radius 1 is 1.11 bits per heavy atom. The molecule has 0 aromatic heterocycles. The maximum Gasteiger partial charge on any atom is 0.318 e. The second-order valence-corrected chi connectivity index (χ2v) is 7.42. The van der Waals surface area contributed by atoms with Gasteiger partial charge in [-0.25, -0.2) is 9.18 Å². The summed E-state index contributed by atoms with van der Waals surface area (Å²) in [5, 5.41) is 3.13. The zero-order chi connectivity index (χ0) is 20.4. The fraction of sp³-hybridized carbons (Fsp3) is 0.350. The van der Waals surface area contributed by atoms with Crippen molar-refractivity contribution in [1.82, 2.24) is 10.2 Å². The van der Waals surface area contributed by atoms with E-state index in [1.807, 2.05) is 12.1 Å². The molecule has 1 atom stereocenters. The molecule has 1 aliphatic rings. The molecule has 2 amide bonds. The molecule has 28 heavy (non-hydrogen) atoms. The minimum Gasteiger partial charge on any atom is -0.493 e. The van der Waals surface area contributed by atoms with Gasteiger partial charge in [-0.1, -0.05) is 23.2 Å². The molecule has 1 aliphatic heterocycles. The number of amides is 2. The van der Waals surface area contributed by atoms with E-state index in [4.69, 9.17) is 32.7 Å². The maximum atomic E-state index is 13.8. The fourth-order valence-electron chi connectivity index (χ4n) is 3.28. The number of rotatable bonds is 4. The molecule has 3 rings (SSSR count). The Balaban J connectivity index is 1.73. The lowest BCUT2D eigenvalue weighted by atomic mass is 9.99. The van der Waals surface area contributed by atoms with E-state index in [1.165, 1.54) is 12.1 Å². The maximum absolute atomic E-state index is 13.8. The molecule has 0 radical (unpaired) electrons. The molecule has 0 aliphatic carbocycles. The molecule has 2 aromatic rings. The second kappa shape index (κ2) is 8.45. The largest absolute Gasteiger partial charge is 0.493 e. The van der Waals surface area contributed by atoms with Gasteiger partial charge in [0.25, 0.3) is 0 Å². The van der Waals surface area contributed by atoms with Gasteiger partial charge in [-0.2, -0.15) is 0 Å². The lowest BCUT2D eigenvalue weighted by Gasteiger charge is -2.31. The van der Waals surface area contributed by atoms with Crippen molar-refractivity contribution in [2.45, 2.75) is 25.9 Å². The summed E-state index contributed by atoms with van der Waals surface area (Å²) >= 11 is 11.9. The lowest BCUT2D eigenvalue weighted by molar-refractivity contribution is 0.189. The number of hydrogen-bond acceptors (Lipinski definition) is 3. The third-order valence-corrected chi connectivity index (χ3v) is 5.47. The topological polar surface area (TPSA) is 50.8 Å². The van der Waals surface area contributed by atoms with E-state index in [2.05, 4.69) is 5.32 Å². The molecule has 0 saturated heterocycles. The number of nitrogens with one attached hydrogen (secondary N) is 1. The molecule has 1 N–H and O–H groups in total. The van der Waals surface area contributed by atoms with Crippen LogP contribution in [0.1, 0.15) is 29.7 Å². The fourth-order valence-corrected chi connectivity index (χ4v) is 3.83. The van der Waals surface area contributed by atoms with Gasteiger partial charge in [0, 0.05) is 18.1 Å². The summed E-state index contributed by atoms with van der Waals surface area (Å²) in [4.78, 5) is 14.4. The van der Waals surface area contributed by atoms with Crippen molar-refractivity contribution in [1.29, 1.82) is 0 Å². The molecule has 0 fully saturated rings. The standard InChI is InChI=1S/C20H21Cl2FN2O3/c1-11(14-8-17(23)16(22)9-15(14)21)24-20(26)25-5-4-12-6-18(27-2)19(28-3)7-13(12)10-25/h6-9,11H,4-5,10H2,1-3H3,(H,24,26). The Labute approximate surface area is 173 Å². The molecule has 0 spiro atoms. The minimum atomic E-state index is -0.574. The number of fused-ring (bicyclic) bond motifs is 1. The van der Waals surface area contributed by atoms with Crippen LogP contribution in [0.5, 0.6) is 11.5 Å². The molecular weight excluding hydrogens is 406 g/mol. The first-order valence-electron chi connectivity index (χ1n) is 8.77. The monoisotopic (exact) mass is 426 g/mol. The van der Waals surface area contributed by atoms with Crippen molar-refractivity contribution in [3.63, 3.8) is 0 Å². The molecule has 150 valence electrons. The highest BCUT2D eigenvalue weighted by Gasteiger charge is 2.24. The van der Waals surface area contributed by atoms with Crippen molar-refractivity contribution >= 4 is 29.2 Å². The molecule has 2 aromatic carbocycles. The van der Waals surface area contributed by atoms with Crippen LogP contribution in [-0.2, 0) is 13.0 Å². The Bertz CT molecular complexity index is 908. The van der Waals surface area contributed by atoms with Gasteiger partial charge in [-0.05, 0) is 54.3 Å². The number of ether oxygens (including phenoxy) is 2. The number of carbonyl (C=O) groups excluding carboxylic acids is 1. The van der Waals surface area contributed by atoms with Gasteiger partial charge < -0.3 is 19.7 Å². The third kappa shape index (κ3) is 4.13. The zero-order valence-corrected chi connectivity index (χ0v) is 17.3. The van der Waals surface area contributed by atoms with Crippen molar-refractivity contribution in [3.05, 3.63) is 56.8 Å². The summed E-state index contributed by atoms with van der Waals surface area (Å²) in [7, 11) is 3.17. The molecule has 1 unspecified atom stereocenters. The highest BCUT2D eigenvalue weighted by atomic mass is 35.5. The summed E-state index contributed by atoms with van der Waals surface area (Å²) in [6.45, 7) is 2.75. The summed E-state index contributed by atoms with van der Waals surface area (Å²) < 4.78 is 24.5. The molecule has 8 heteroatoms. The van der Waals surface area contributed by atoms with Gasteiger partial charge in [-0.3, -0.25) is 0 Å². The average molecular weight is 427 g/mol. The predicted octanol–water partition coefficient (Wildman–Crippen LogP) is 4.98. The van der Waals surface area contributed by atoms with Gasteiger partial charge in [0.2, 0.25) is 0 Å². The smallest absolute Gasteiger partial charge is 0.318 e. The van der Waals surface area contributed by atoms with Crippen LogP contribution in [0.15, 0.2) is 24.3 Å². The van der Waals surface area contributed by atoms with E-state index < -0.39 is 11.9 Å². The number of urea groups is 1. The number of carbonyl (C=O) groups is 1. The van der Waals surface area contributed by atoms with Crippen LogP contribution >= 0.6 is 23.2 Å². The number of benzene rings is 2. The van der Waals surface area contributed by atoms with Gasteiger partial charge in [0.1, 0.15) is 5.82 Å². The Hall–Kier alpha value is -2.18. The van der Waals surface area contributed by atoms with Crippen LogP contribution in [0.2, 0.25) is 10.0 Å². The molecule has 0 saturated carbocycles. The van der Waals surface area contributed by atoms with Gasteiger partial charge in [0.15, 0.2) is 11.5 Å². The van der Waals surface area contributed by atoms with E-state index in [-0.39, 0.29) is 11.1 Å². The number of hydrogen-bond donors (Lipinski definition) is 1. The van der Waals surface area contributed by atoms with E-state index >= 15 is 0 Å². The third-order valence-electron chi connectivity index (χ3n) is 4.85. The van der Waals surface area contributed by atoms with Crippen LogP contribution < -0.4 is 14.8 Å². The number of methoxy groups -OCH3 is 2. The molecule has 0 bridgehead atoms. The first-order chi connectivity index (χ1) is 13.3. The lowest BCUT2D eigenvalue weighted by Crippen LogP contribution is -2.43. The van der Waals surface area contributed by atoms with Crippen LogP contribution in [-0.4, -0.2) is 31.7 Å². The quantitative estimate of drug-likeness (QED) is 0.701. The predicted molar refractivity (Wildman–Crippen MR) is 107 cm³/mol. The summed E-state index contributed by atoms with van der Waals surface area (Å²) in [6, 6.07) is 5.70. The average Bonchev–Trinajstić information content (AvgIpc) is 2.68. The molecule has 1 heterocycles. The Morgan fingerprint density at radius 3 is 2.39 bits per heavy atom. The van der Waals surface area contributed by atoms with Crippen molar-refractivity contribution in [2.24, 2.45) is 0 Å². The van der Waals surface area contributed by atoms with Crippen LogP contribution in [0, 0.1) is 5.82 Å². The van der Waals surface area contributed by atoms with Crippen LogP contribution in [0.4, 0.5) is 9.18 Å². The van der Waals surface area contributed by atoms with E-state index in [1.54, 1.807) is 26.0 Å². The van der Waals surface area contributed by atoms with Crippen LogP contribution in [0.3, 0.4) is 0 Å². The van der Waals surface area contributed by atoms with Crippen LogP contribution in [0.25, 0.3) is 0 Å². The van der Waals surface area contributed by atoms with Crippen molar-refractivity contribution in [3.8, 4) is 11.5 Å². The Morgan fingerprint density at radius 2 is 1.75 bits per heavy atom. The molecule has 5 nitrogen and oxygen atoms in total. The SMILES string of the molecule is COc1cc2c(cc1OC)CN(C(=O)NC(C)c1cc(F)c(Cl)cc1Cl)CC2. The van der Waals surface area contributed by atoms with E-state index in [0.717, 1.165) is 11.1 Å². The second-order valence-electron chi connectivity index (χ2n) is 6.61. The summed E-state index contributed by atoms with van der Waals surface area (Å²) in [6.07, 6.45) is 0.702. The number of nitrogens with zero attached hydrogens (tertiary/aromatic N) is 1. The summed E-state index contributed by atoms with van der Waals surface area (Å²) in [5.41, 5.74) is 2.60. The summed E-state index contributed by atoms with van der Waals surface area (Å²) in [5.74, 6) is 0.725. The van der Waals surface area contributed by atoms with E-state index in [9.17, 15) is 9.18 Å². The van der Waals surface area contributed by atoms with E-state index in [0.29, 0.717) is 41.6 Å².